The summed E-state index contributed by atoms with van der Waals surface area (Å²) in [6.45, 7) is 0.203. The van der Waals surface area contributed by atoms with E-state index >= 15 is 0 Å². The van der Waals surface area contributed by atoms with E-state index in [4.69, 9.17) is 22.2 Å². The molecule has 0 aromatic carbocycles. The molecule has 0 heterocycles. The zero-order valence-electron chi connectivity index (χ0n) is 14.0. The Kier molecular flexibility index (Phi) is 16.9. The zero-order chi connectivity index (χ0) is 15.8. The third-order valence-corrected chi connectivity index (χ3v) is 6.71. The van der Waals surface area contributed by atoms with Gasteiger partial charge >= 0.3 is 0 Å². The van der Waals surface area contributed by atoms with Crippen molar-refractivity contribution in [1.82, 2.24) is 0 Å². The number of thiol groups is 1. The van der Waals surface area contributed by atoms with Crippen molar-refractivity contribution < 1.29 is 0 Å². The predicted octanol–water partition coefficient (Wildman–Crippen LogP) is 7.93. The van der Waals surface area contributed by atoms with E-state index < -0.39 is 6.69 Å². The van der Waals surface area contributed by atoms with E-state index in [0.717, 1.165) is 11.8 Å². The molecule has 0 spiro atoms. The van der Waals surface area contributed by atoms with Crippen LogP contribution in [-0.4, -0.2) is 12.4 Å². The predicted molar refractivity (Wildman–Crippen MR) is 107 cm³/mol. The number of unbranched alkanes of at least 4 members (excludes halogenated alkanes) is 13. The Hall–Kier alpha value is 1.15. The number of rotatable bonds is 16. The van der Waals surface area contributed by atoms with Crippen LogP contribution < -0.4 is 0 Å². The minimum absolute atomic E-state index is 1.05. The first-order valence-corrected chi connectivity index (χ1v) is 14.4. The minimum atomic E-state index is -1.82. The maximum Gasteiger partial charge on any atom is 0.248 e. The van der Waals surface area contributed by atoms with E-state index in [1.165, 1.54) is 89.9 Å². The fourth-order valence-corrected chi connectivity index (χ4v) is 4.56. The molecule has 0 unspecified atom stereocenters. The molecule has 128 valence electrons. The molecule has 0 aromatic heterocycles. The standard InChI is InChI=1S/C17H36Cl2SSi/c1-21(18,19)17-15-13-11-9-7-5-3-2-4-6-8-10-12-14-16-20/h20H,2-17H2,1H3. The lowest BCUT2D eigenvalue weighted by Gasteiger charge is -2.09. The van der Waals surface area contributed by atoms with E-state index in [-0.39, 0.29) is 0 Å². The molecule has 0 radical (unpaired) electrons. The Labute approximate surface area is 149 Å². The van der Waals surface area contributed by atoms with Gasteiger partial charge in [0.25, 0.3) is 0 Å². The van der Waals surface area contributed by atoms with Gasteiger partial charge < -0.3 is 0 Å². The highest BCUT2D eigenvalue weighted by Gasteiger charge is 2.19. The molecule has 0 fully saturated rings. The molecule has 0 aliphatic rings. The van der Waals surface area contributed by atoms with E-state index in [9.17, 15) is 0 Å². The Bertz CT molecular complexity index is 207. The number of halogens is 2. The molecule has 0 saturated heterocycles. The highest BCUT2D eigenvalue weighted by atomic mass is 35.7. The second-order valence-electron chi connectivity index (χ2n) is 6.49. The molecule has 0 aromatic rings. The van der Waals surface area contributed by atoms with Crippen LogP contribution in [0, 0.1) is 0 Å². The van der Waals surface area contributed by atoms with Crippen molar-refractivity contribution >= 4 is 41.5 Å². The third kappa shape index (κ3) is 21.1. The van der Waals surface area contributed by atoms with Gasteiger partial charge in [-0.2, -0.15) is 12.6 Å². The zero-order valence-corrected chi connectivity index (χ0v) is 17.4. The maximum absolute atomic E-state index is 6.09. The summed E-state index contributed by atoms with van der Waals surface area (Å²) < 4.78 is 0. The Morgan fingerprint density at radius 2 is 0.857 bits per heavy atom. The van der Waals surface area contributed by atoms with Crippen molar-refractivity contribution in [2.45, 2.75) is 102 Å². The summed E-state index contributed by atoms with van der Waals surface area (Å²) in [6, 6.07) is 1.06. The molecular formula is C17H36Cl2SSi. The highest BCUT2D eigenvalue weighted by Crippen LogP contribution is 2.23. The number of hydrogen-bond donors (Lipinski definition) is 1. The molecule has 0 nitrogen and oxygen atoms in total. The fraction of sp³-hybridized carbons (Fsp3) is 1.00. The minimum Gasteiger partial charge on any atom is -0.179 e. The topological polar surface area (TPSA) is 0 Å². The molecule has 0 aliphatic carbocycles. The molecule has 0 aliphatic heterocycles. The lowest BCUT2D eigenvalue weighted by atomic mass is 10.0. The van der Waals surface area contributed by atoms with Crippen LogP contribution in [0.4, 0.5) is 0 Å². The van der Waals surface area contributed by atoms with Crippen LogP contribution >= 0.6 is 34.8 Å². The van der Waals surface area contributed by atoms with Gasteiger partial charge in [-0.05, 0) is 24.8 Å². The number of hydrogen-bond acceptors (Lipinski definition) is 1. The van der Waals surface area contributed by atoms with Crippen molar-refractivity contribution in [2.24, 2.45) is 0 Å². The van der Waals surface area contributed by atoms with E-state index in [1.54, 1.807) is 0 Å². The van der Waals surface area contributed by atoms with Crippen LogP contribution in [0.5, 0.6) is 0 Å². The van der Waals surface area contributed by atoms with E-state index in [1.807, 2.05) is 6.55 Å². The van der Waals surface area contributed by atoms with Crippen molar-refractivity contribution in [3.63, 3.8) is 0 Å². The maximum atomic E-state index is 6.09. The molecular weight excluding hydrogens is 335 g/mol. The smallest absolute Gasteiger partial charge is 0.179 e. The van der Waals surface area contributed by atoms with Crippen molar-refractivity contribution in [3.05, 3.63) is 0 Å². The molecule has 4 heteroatoms. The SMILES string of the molecule is C[Si](Cl)(Cl)CCCCCCCCCCCCCCCCS. The quantitative estimate of drug-likeness (QED) is 0.121. The van der Waals surface area contributed by atoms with Gasteiger partial charge in [-0.25, -0.2) is 0 Å². The van der Waals surface area contributed by atoms with Crippen LogP contribution in [0.2, 0.25) is 12.6 Å². The third-order valence-electron chi connectivity index (χ3n) is 4.02. The van der Waals surface area contributed by atoms with Crippen molar-refractivity contribution in [3.8, 4) is 0 Å². The molecule has 0 rings (SSSR count). The van der Waals surface area contributed by atoms with Gasteiger partial charge in [-0.3, -0.25) is 0 Å². The first-order chi connectivity index (χ1) is 10.1. The normalized spacial score (nSPS) is 12.0. The summed E-state index contributed by atoms with van der Waals surface area (Å²) >= 11 is 16.4. The van der Waals surface area contributed by atoms with Crippen molar-refractivity contribution in [1.29, 1.82) is 0 Å². The van der Waals surface area contributed by atoms with E-state index in [0.29, 0.717) is 0 Å². The van der Waals surface area contributed by atoms with E-state index in [2.05, 4.69) is 12.6 Å². The van der Waals surface area contributed by atoms with Gasteiger partial charge in [-0.1, -0.05) is 83.5 Å². The lowest BCUT2D eigenvalue weighted by Crippen LogP contribution is -2.11. The average molecular weight is 372 g/mol. The first-order valence-electron chi connectivity index (χ1n) is 9.05. The summed E-state index contributed by atoms with van der Waals surface area (Å²) in [7, 11) is 0. The van der Waals surface area contributed by atoms with Crippen LogP contribution in [-0.2, 0) is 0 Å². The van der Waals surface area contributed by atoms with Gasteiger partial charge in [0, 0.05) is 0 Å². The molecule has 0 N–H and O–H groups in total. The summed E-state index contributed by atoms with van der Waals surface area (Å²) in [6.07, 6.45) is 19.4. The first kappa shape index (κ1) is 22.1. The second-order valence-corrected chi connectivity index (χ2v) is 15.2. The van der Waals surface area contributed by atoms with Gasteiger partial charge in [0.1, 0.15) is 0 Å². The largest absolute Gasteiger partial charge is 0.248 e. The summed E-state index contributed by atoms with van der Waals surface area (Å²) in [5.41, 5.74) is 0. The average Bonchev–Trinajstić information content (AvgIpc) is 2.42. The summed E-state index contributed by atoms with van der Waals surface area (Å²) in [5, 5.41) is 0. The molecule has 0 atom stereocenters. The van der Waals surface area contributed by atoms with Crippen LogP contribution in [0.25, 0.3) is 0 Å². The molecule has 21 heavy (non-hydrogen) atoms. The Morgan fingerprint density at radius 3 is 1.14 bits per heavy atom. The summed E-state index contributed by atoms with van der Waals surface area (Å²) in [5.74, 6) is 1.05. The monoisotopic (exact) mass is 370 g/mol. The lowest BCUT2D eigenvalue weighted by molar-refractivity contribution is 0.538. The molecule has 0 amide bonds. The van der Waals surface area contributed by atoms with Gasteiger partial charge in [0.05, 0.1) is 0 Å². The van der Waals surface area contributed by atoms with Gasteiger partial charge in [0.15, 0.2) is 0 Å². The summed E-state index contributed by atoms with van der Waals surface area (Å²) in [4.78, 5) is 0. The van der Waals surface area contributed by atoms with Crippen LogP contribution in [0.1, 0.15) is 89.9 Å². The van der Waals surface area contributed by atoms with Gasteiger partial charge in [0.2, 0.25) is 6.69 Å². The highest BCUT2D eigenvalue weighted by molar-refractivity contribution is 7.80. The van der Waals surface area contributed by atoms with Crippen molar-refractivity contribution in [2.75, 3.05) is 5.75 Å². The molecule has 0 saturated carbocycles. The van der Waals surface area contributed by atoms with Gasteiger partial charge in [-0.15, -0.1) is 22.2 Å². The molecule has 0 bridgehead atoms. The Morgan fingerprint density at radius 1 is 0.571 bits per heavy atom. The Balaban J connectivity index is 3.00. The van der Waals surface area contributed by atoms with Crippen LogP contribution in [0.3, 0.4) is 0 Å². The second kappa shape index (κ2) is 16.0. The van der Waals surface area contributed by atoms with Crippen LogP contribution in [0.15, 0.2) is 0 Å². The fourth-order valence-electron chi connectivity index (χ4n) is 2.67.